The summed E-state index contributed by atoms with van der Waals surface area (Å²) >= 11 is 5.58. The Labute approximate surface area is 307 Å². The molecule has 0 saturated heterocycles. The molecule has 0 atom stereocenters. The molecule has 8 nitrogen and oxygen atoms in total. The number of aryl methyl sites for hydroxylation is 1. The highest BCUT2D eigenvalue weighted by Crippen LogP contribution is 2.43. The van der Waals surface area contributed by atoms with Gasteiger partial charge in [0.2, 0.25) is 0 Å². The molecule has 3 N–H and O–H groups in total. The van der Waals surface area contributed by atoms with Crippen molar-refractivity contribution in [2.45, 2.75) is 125 Å². The number of aliphatic imine (C=N–C) groups is 1. The molecule has 0 amide bonds. The highest BCUT2D eigenvalue weighted by atomic mass is 32.1. The van der Waals surface area contributed by atoms with Crippen LogP contribution < -0.4 is 10.2 Å². The lowest BCUT2D eigenvalue weighted by molar-refractivity contribution is -0.138. The van der Waals surface area contributed by atoms with Crippen LogP contribution in [0.25, 0.3) is 0 Å². The summed E-state index contributed by atoms with van der Waals surface area (Å²) < 4.78 is 36.7. The van der Waals surface area contributed by atoms with E-state index in [0.29, 0.717) is 51.9 Å². The number of phenols is 1. The van der Waals surface area contributed by atoms with Crippen molar-refractivity contribution in [2.75, 3.05) is 4.90 Å². The van der Waals surface area contributed by atoms with Crippen LogP contribution in [0.15, 0.2) is 59.0 Å². The van der Waals surface area contributed by atoms with Crippen LogP contribution in [0.5, 0.6) is 5.75 Å². The van der Waals surface area contributed by atoms with E-state index >= 15 is 0 Å². The van der Waals surface area contributed by atoms with Crippen LogP contribution in [-0.2, 0) is 11.0 Å². The number of aromatic nitrogens is 1. The quantitative estimate of drug-likeness (QED) is 0.173. The van der Waals surface area contributed by atoms with Crippen LogP contribution in [0, 0.1) is 23.7 Å². The Morgan fingerprint density at radius 2 is 1.75 bits per heavy atom. The molecule has 1 aromatic carbocycles. The van der Waals surface area contributed by atoms with E-state index in [1.807, 2.05) is 52.5 Å². The van der Waals surface area contributed by atoms with Gasteiger partial charge in [-0.3, -0.25) is 4.79 Å². The third-order valence-corrected chi connectivity index (χ3v) is 8.46. The van der Waals surface area contributed by atoms with E-state index in [4.69, 9.17) is 22.9 Å². The molecule has 0 bridgehead atoms. The monoisotopic (exact) mass is 726 g/mol. The average molecular weight is 727 g/mol. The van der Waals surface area contributed by atoms with Crippen molar-refractivity contribution in [2.24, 2.45) is 4.99 Å². The van der Waals surface area contributed by atoms with Crippen molar-refractivity contribution in [3.8, 4) is 11.8 Å². The van der Waals surface area contributed by atoms with Crippen LogP contribution in [0.1, 0.15) is 129 Å². The van der Waals surface area contributed by atoms with E-state index in [0.717, 1.165) is 43.0 Å². The van der Waals surface area contributed by atoms with Gasteiger partial charge in [0.05, 0.1) is 27.5 Å². The first-order valence-corrected chi connectivity index (χ1v) is 17.9. The Balaban J connectivity index is 0.000000565. The third kappa shape index (κ3) is 11.3. The number of anilines is 1. The van der Waals surface area contributed by atoms with Crippen molar-refractivity contribution < 1.29 is 23.1 Å². The van der Waals surface area contributed by atoms with Gasteiger partial charge >= 0.3 is 6.18 Å². The third-order valence-electron chi connectivity index (χ3n) is 8.28. The molecule has 12 heteroatoms. The first-order chi connectivity index (χ1) is 24.0. The number of unbranched alkanes of at least 4 members (excludes halogenated alkanes) is 1. The molecule has 4 rings (SSSR count). The second kappa shape index (κ2) is 20.5. The zero-order valence-corrected chi connectivity index (χ0v) is 32.3. The van der Waals surface area contributed by atoms with Crippen molar-refractivity contribution in [3.63, 3.8) is 0 Å². The smallest absolute Gasteiger partial charge is 0.419 e. The number of halogens is 3. The first-order valence-electron chi connectivity index (χ1n) is 17.5. The van der Waals surface area contributed by atoms with Gasteiger partial charge < -0.3 is 20.7 Å². The Morgan fingerprint density at radius 1 is 1.14 bits per heavy atom. The number of carbonyl (C=O) groups is 1. The second-order valence-corrected chi connectivity index (χ2v) is 12.6. The number of nitrogens with zero attached hydrogens (tertiary/aromatic N) is 4. The molecule has 0 spiro atoms. The molecule has 2 aromatic rings. The highest BCUT2D eigenvalue weighted by Gasteiger charge is 2.49. The average Bonchev–Trinajstić information content (AvgIpc) is 3.08. The standard InChI is InChI=1S/C25H32N4O2S.C8H5F3N2.C4H10.C2H6/c1-6-9-20(26)23-15(3)16(4)27-24(28-23)19-14-18(10-11-21(19)30)29(17(5)32)25(12-8-13-25)22(31)7-2;1-5-2-6(8(9,10)11)7(3-12)13-4-5;1-3-4-2;1-2/h10-11,14,26,30H,4,6-9,12-13H2,1-3,5H3,(H,27,28);2,4H,1H3;3-4H2,1-2H3;1-2H3. The summed E-state index contributed by atoms with van der Waals surface area (Å²) in [5.41, 5.74) is 1.92. The van der Waals surface area contributed by atoms with Gasteiger partial charge in [0, 0.05) is 24.0 Å². The van der Waals surface area contributed by atoms with E-state index in [-0.39, 0.29) is 11.5 Å². The number of ketones is 1. The van der Waals surface area contributed by atoms with Crippen LogP contribution in [0.4, 0.5) is 18.9 Å². The first kappa shape index (κ1) is 44.7. The topological polar surface area (TPSA) is 125 Å². The minimum Gasteiger partial charge on any atom is -0.507 e. The Bertz CT molecular complexity index is 1670. The summed E-state index contributed by atoms with van der Waals surface area (Å²) in [7, 11) is 0. The number of phenolic OH excluding ortho intramolecular Hbond substituents is 1. The number of pyridine rings is 1. The molecule has 1 saturated carbocycles. The number of carbonyl (C=O) groups excluding carboxylic acids is 1. The molecular formula is C39H53F3N6O2S. The number of Topliss-reactive ketones (excluding diaryl/α,β-unsaturated/α-hetero) is 1. The number of amidine groups is 1. The molecule has 278 valence electrons. The van der Waals surface area contributed by atoms with Gasteiger partial charge in [-0.1, -0.05) is 79.6 Å². The zero-order valence-electron chi connectivity index (χ0n) is 31.4. The minimum atomic E-state index is -4.51. The maximum atomic E-state index is 12.9. The molecule has 51 heavy (non-hydrogen) atoms. The molecule has 1 aromatic heterocycles. The molecule has 0 radical (unpaired) electrons. The molecule has 1 aliphatic carbocycles. The van der Waals surface area contributed by atoms with Crippen molar-refractivity contribution in [1.82, 2.24) is 10.3 Å². The van der Waals surface area contributed by atoms with E-state index in [1.165, 1.54) is 32.0 Å². The Kier molecular flexibility index (Phi) is 17.9. The summed E-state index contributed by atoms with van der Waals surface area (Å²) in [6.07, 6.45) is 3.78. The SMILES string of the molecule is C=C1NC(c2cc(N(C(C)=S)C3(C(=O)CC)CCC3)ccc2O)=NC(C(=N)CCC)=C1C.CC.CCCC.Cc1cnc(C#N)c(C(F)(F)F)c1. The van der Waals surface area contributed by atoms with Crippen LogP contribution in [-0.4, -0.2) is 37.9 Å². The molecule has 1 aliphatic heterocycles. The molecular weight excluding hydrogens is 674 g/mol. The van der Waals surface area contributed by atoms with Gasteiger partial charge in [-0.05, 0) is 81.9 Å². The van der Waals surface area contributed by atoms with Crippen LogP contribution in [0.3, 0.4) is 0 Å². The summed E-state index contributed by atoms with van der Waals surface area (Å²) in [6.45, 7) is 21.6. The largest absolute Gasteiger partial charge is 0.507 e. The maximum Gasteiger partial charge on any atom is 0.419 e. The number of benzene rings is 1. The van der Waals surface area contributed by atoms with Crippen molar-refractivity contribution in [1.29, 1.82) is 10.7 Å². The van der Waals surface area contributed by atoms with E-state index in [9.17, 15) is 23.1 Å². The minimum absolute atomic E-state index is 0.0557. The number of hydrogen-bond acceptors (Lipinski definition) is 8. The van der Waals surface area contributed by atoms with E-state index in [2.05, 4.69) is 35.7 Å². The van der Waals surface area contributed by atoms with Gasteiger partial charge in [0.1, 0.15) is 23.2 Å². The number of nitrogens with one attached hydrogen (secondary N) is 2. The predicted octanol–water partition coefficient (Wildman–Crippen LogP) is 10.5. The zero-order chi connectivity index (χ0) is 39.1. The molecule has 2 aliphatic rings. The normalized spacial score (nSPS) is 14.3. The number of thiocarbonyl (C=S) groups is 1. The number of hydrogen-bond donors (Lipinski definition) is 3. The summed E-state index contributed by atoms with van der Waals surface area (Å²) in [5, 5.41) is 30.6. The van der Waals surface area contributed by atoms with E-state index in [1.54, 1.807) is 12.1 Å². The van der Waals surface area contributed by atoms with Crippen molar-refractivity contribution in [3.05, 3.63) is 76.4 Å². The van der Waals surface area contributed by atoms with Crippen molar-refractivity contribution >= 4 is 40.2 Å². The fraction of sp³-hybridized carbons (Fsp3) is 0.487. The van der Waals surface area contributed by atoms with Crippen LogP contribution in [0.2, 0.25) is 0 Å². The Morgan fingerprint density at radius 3 is 2.20 bits per heavy atom. The summed E-state index contributed by atoms with van der Waals surface area (Å²) in [6, 6.07) is 7.51. The van der Waals surface area contributed by atoms with E-state index < -0.39 is 23.0 Å². The number of rotatable bonds is 9. The lowest BCUT2D eigenvalue weighted by Crippen LogP contribution is -2.60. The lowest BCUT2D eigenvalue weighted by atomic mass is 9.71. The lowest BCUT2D eigenvalue weighted by Gasteiger charge is -2.49. The molecule has 2 heterocycles. The van der Waals surface area contributed by atoms with Crippen LogP contribution >= 0.6 is 12.2 Å². The summed E-state index contributed by atoms with van der Waals surface area (Å²) in [5.74, 6) is 0.667. The number of alkyl halides is 3. The van der Waals surface area contributed by atoms with Gasteiger partial charge in [-0.25, -0.2) is 9.98 Å². The fourth-order valence-corrected chi connectivity index (χ4v) is 5.60. The number of aromatic hydroxyl groups is 1. The second-order valence-electron chi connectivity index (χ2n) is 12.0. The molecule has 0 unspecified atom stereocenters. The maximum absolute atomic E-state index is 12.9. The highest BCUT2D eigenvalue weighted by molar-refractivity contribution is 7.80. The van der Waals surface area contributed by atoms with Gasteiger partial charge in [0.15, 0.2) is 11.5 Å². The van der Waals surface area contributed by atoms with Gasteiger partial charge in [0.25, 0.3) is 0 Å². The predicted molar refractivity (Wildman–Crippen MR) is 206 cm³/mol. The number of allylic oxidation sites excluding steroid dienone is 2. The Hall–Kier alpha value is -4.37. The fourth-order valence-electron chi connectivity index (χ4n) is 5.32. The number of nitriles is 1. The van der Waals surface area contributed by atoms with Gasteiger partial charge in [-0.2, -0.15) is 18.4 Å². The summed E-state index contributed by atoms with van der Waals surface area (Å²) in [4.78, 5) is 23.5. The molecule has 1 fully saturated rings. The van der Waals surface area contributed by atoms with Gasteiger partial charge in [-0.15, -0.1) is 0 Å².